The number of fused-ring (bicyclic) bond motifs is 1. The summed E-state index contributed by atoms with van der Waals surface area (Å²) in [6.45, 7) is 1.89. The topological polar surface area (TPSA) is 82.8 Å². The summed E-state index contributed by atoms with van der Waals surface area (Å²) in [5.41, 5.74) is 5.48. The van der Waals surface area contributed by atoms with E-state index < -0.39 is 0 Å². The standard InChI is InChI=1S/C31H24N2O4S/c1-19-16-29(36)32(27-17-24(34)14-15-25(19)27)22-10-6-20(7-11-22)21-8-12-23(13-9-21)33-30(37)18-38-31(33)26-4-2-3-5-28(26)35/h2-17,31,34-35H,18H2,1H3. The minimum atomic E-state index is -0.282. The molecule has 1 amide bonds. The average molecular weight is 521 g/mol. The summed E-state index contributed by atoms with van der Waals surface area (Å²) in [5, 5.41) is 21.0. The van der Waals surface area contributed by atoms with Crippen LogP contribution in [0.5, 0.6) is 11.5 Å². The molecule has 6 rings (SSSR count). The number of rotatable bonds is 4. The first-order valence-corrected chi connectivity index (χ1v) is 13.2. The molecule has 0 saturated carbocycles. The average Bonchev–Trinajstić information content (AvgIpc) is 3.30. The smallest absolute Gasteiger partial charge is 0.255 e. The summed E-state index contributed by atoms with van der Waals surface area (Å²) in [5.74, 6) is 0.638. The third kappa shape index (κ3) is 4.11. The van der Waals surface area contributed by atoms with Crippen molar-refractivity contribution in [1.82, 2.24) is 4.57 Å². The number of carbonyl (C=O) groups is 1. The Kier molecular flexibility index (Phi) is 5.93. The summed E-state index contributed by atoms with van der Waals surface area (Å²) in [7, 11) is 0. The van der Waals surface area contributed by atoms with Crippen molar-refractivity contribution in [3.8, 4) is 28.3 Å². The van der Waals surface area contributed by atoms with Gasteiger partial charge in [0.2, 0.25) is 5.91 Å². The molecule has 1 unspecified atom stereocenters. The molecule has 7 heteroatoms. The van der Waals surface area contributed by atoms with Crippen LogP contribution in [0.25, 0.3) is 27.7 Å². The Balaban J connectivity index is 1.31. The van der Waals surface area contributed by atoms with Crippen molar-refractivity contribution >= 4 is 34.3 Å². The summed E-state index contributed by atoms with van der Waals surface area (Å²) in [4.78, 5) is 27.4. The molecular weight excluding hydrogens is 496 g/mol. The lowest BCUT2D eigenvalue weighted by atomic mass is 10.0. The van der Waals surface area contributed by atoms with Crippen LogP contribution in [0.2, 0.25) is 0 Å². The van der Waals surface area contributed by atoms with Gasteiger partial charge in [-0.1, -0.05) is 42.5 Å². The molecule has 1 aliphatic heterocycles. The van der Waals surface area contributed by atoms with Crippen LogP contribution in [-0.4, -0.2) is 26.4 Å². The number of phenols is 2. The number of aryl methyl sites for hydroxylation is 1. The molecule has 2 N–H and O–H groups in total. The number of aromatic nitrogens is 1. The minimum absolute atomic E-state index is 0.00200. The van der Waals surface area contributed by atoms with Gasteiger partial charge in [-0.2, -0.15) is 0 Å². The number of aromatic hydroxyl groups is 2. The molecule has 0 spiro atoms. The van der Waals surface area contributed by atoms with E-state index in [1.54, 1.807) is 39.8 Å². The molecular formula is C31H24N2O4S. The fraction of sp³-hybridized carbons (Fsp3) is 0.0968. The van der Waals surface area contributed by atoms with E-state index in [9.17, 15) is 19.8 Å². The Morgan fingerprint density at radius 1 is 0.789 bits per heavy atom. The van der Waals surface area contributed by atoms with Gasteiger partial charge in [-0.05, 0) is 66.1 Å². The number of amides is 1. The van der Waals surface area contributed by atoms with E-state index in [2.05, 4.69) is 0 Å². The van der Waals surface area contributed by atoms with E-state index in [-0.39, 0.29) is 28.3 Å². The fourth-order valence-corrected chi connectivity index (χ4v) is 6.20. The monoisotopic (exact) mass is 520 g/mol. The second-order valence-electron chi connectivity index (χ2n) is 9.28. The van der Waals surface area contributed by atoms with Gasteiger partial charge in [0.05, 0.1) is 11.3 Å². The highest BCUT2D eigenvalue weighted by atomic mass is 32.2. The van der Waals surface area contributed by atoms with Gasteiger partial charge in [-0.15, -0.1) is 11.8 Å². The number of thioether (sulfide) groups is 1. The molecule has 2 heterocycles. The zero-order chi connectivity index (χ0) is 26.4. The van der Waals surface area contributed by atoms with Crippen molar-refractivity contribution in [2.75, 3.05) is 10.7 Å². The second kappa shape index (κ2) is 9.43. The van der Waals surface area contributed by atoms with E-state index >= 15 is 0 Å². The Hall–Kier alpha value is -4.49. The largest absolute Gasteiger partial charge is 0.508 e. The number of para-hydroxylation sites is 1. The molecule has 1 aromatic heterocycles. The van der Waals surface area contributed by atoms with Crippen LogP contribution in [-0.2, 0) is 4.79 Å². The Morgan fingerprint density at radius 2 is 1.45 bits per heavy atom. The van der Waals surface area contributed by atoms with E-state index in [4.69, 9.17) is 0 Å². The van der Waals surface area contributed by atoms with Crippen LogP contribution in [0.3, 0.4) is 0 Å². The van der Waals surface area contributed by atoms with Gasteiger partial charge in [0.15, 0.2) is 0 Å². The van der Waals surface area contributed by atoms with Crippen LogP contribution in [0.15, 0.2) is 102 Å². The van der Waals surface area contributed by atoms with E-state index in [1.165, 1.54) is 11.8 Å². The molecule has 1 atom stereocenters. The Morgan fingerprint density at radius 3 is 2.13 bits per heavy atom. The normalized spacial score (nSPS) is 15.3. The zero-order valence-corrected chi connectivity index (χ0v) is 21.4. The first kappa shape index (κ1) is 23.9. The van der Waals surface area contributed by atoms with Crippen molar-refractivity contribution in [1.29, 1.82) is 0 Å². The summed E-state index contributed by atoms with van der Waals surface area (Å²) < 4.78 is 1.60. The highest BCUT2D eigenvalue weighted by Gasteiger charge is 2.35. The number of benzene rings is 4. The third-order valence-electron chi connectivity index (χ3n) is 6.88. The van der Waals surface area contributed by atoms with Crippen LogP contribution < -0.4 is 10.5 Å². The van der Waals surface area contributed by atoms with Gasteiger partial charge in [-0.3, -0.25) is 19.1 Å². The Bertz CT molecular complexity index is 1740. The maximum absolute atomic E-state index is 12.9. The summed E-state index contributed by atoms with van der Waals surface area (Å²) in [6.07, 6.45) is 0. The molecule has 6 nitrogen and oxygen atoms in total. The molecule has 38 heavy (non-hydrogen) atoms. The molecule has 1 saturated heterocycles. The lowest BCUT2D eigenvalue weighted by molar-refractivity contribution is -0.115. The third-order valence-corrected chi connectivity index (χ3v) is 8.08. The lowest BCUT2D eigenvalue weighted by Crippen LogP contribution is -2.27. The van der Waals surface area contributed by atoms with E-state index in [1.807, 2.05) is 73.7 Å². The van der Waals surface area contributed by atoms with Gasteiger partial charge < -0.3 is 10.2 Å². The lowest BCUT2D eigenvalue weighted by Gasteiger charge is -2.25. The van der Waals surface area contributed by atoms with E-state index in [0.29, 0.717) is 17.0 Å². The maximum Gasteiger partial charge on any atom is 0.255 e. The molecule has 5 aromatic rings. The quantitative estimate of drug-likeness (QED) is 0.297. The summed E-state index contributed by atoms with van der Waals surface area (Å²) in [6, 6.07) is 29.2. The molecule has 0 aliphatic carbocycles. The molecule has 1 fully saturated rings. The number of pyridine rings is 1. The zero-order valence-electron chi connectivity index (χ0n) is 20.5. The maximum atomic E-state index is 12.9. The highest BCUT2D eigenvalue weighted by molar-refractivity contribution is 8.00. The molecule has 0 radical (unpaired) electrons. The molecule has 1 aliphatic rings. The van der Waals surface area contributed by atoms with Crippen molar-refractivity contribution in [2.45, 2.75) is 12.3 Å². The number of nitrogens with zero attached hydrogens (tertiary/aromatic N) is 2. The molecule has 4 aromatic carbocycles. The van der Waals surface area contributed by atoms with Crippen molar-refractivity contribution in [3.63, 3.8) is 0 Å². The first-order valence-electron chi connectivity index (χ1n) is 12.2. The van der Waals surface area contributed by atoms with Gasteiger partial charge in [0.1, 0.15) is 16.9 Å². The SMILES string of the molecule is Cc1cc(=O)n(-c2ccc(-c3ccc(N4C(=O)CSC4c4ccccc4O)cc3)cc2)c2cc(O)ccc12. The predicted molar refractivity (Wildman–Crippen MR) is 152 cm³/mol. The highest BCUT2D eigenvalue weighted by Crippen LogP contribution is 2.44. The van der Waals surface area contributed by atoms with Gasteiger partial charge >= 0.3 is 0 Å². The van der Waals surface area contributed by atoms with Crippen molar-refractivity contribution < 1.29 is 15.0 Å². The van der Waals surface area contributed by atoms with Crippen molar-refractivity contribution in [3.05, 3.63) is 119 Å². The molecule has 0 bridgehead atoms. The van der Waals surface area contributed by atoms with Gasteiger partial charge in [0, 0.05) is 34.5 Å². The van der Waals surface area contributed by atoms with Crippen LogP contribution in [0.4, 0.5) is 5.69 Å². The molecule has 188 valence electrons. The van der Waals surface area contributed by atoms with Crippen LogP contribution >= 0.6 is 11.8 Å². The van der Waals surface area contributed by atoms with Crippen molar-refractivity contribution in [2.24, 2.45) is 0 Å². The van der Waals surface area contributed by atoms with Gasteiger partial charge in [-0.25, -0.2) is 0 Å². The fourth-order valence-electron chi connectivity index (χ4n) is 5.00. The number of carbonyl (C=O) groups excluding carboxylic acids is 1. The first-order chi connectivity index (χ1) is 18.4. The van der Waals surface area contributed by atoms with Crippen LogP contribution in [0, 0.1) is 6.92 Å². The number of hydrogen-bond acceptors (Lipinski definition) is 5. The number of anilines is 1. The van der Waals surface area contributed by atoms with E-state index in [0.717, 1.165) is 33.3 Å². The summed E-state index contributed by atoms with van der Waals surface area (Å²) >= 11 is 1.50. The van der Waals surface area contributed by atoms with Crippen LogP contribution in [0.1, 0.15) is 16.5 Å². The second-order valence-corrected chi connectivity index (χ2v) is 10.4. The Labute approximate surface area is 223 Å². The number of hydrogen-bond donors (Lipinski definition) is 2. The number of phenolic OH excluding ortho intramolecular Hbond substituents is 2. The minimum Gasteiger partial charge on any atom is -0.508 e. The van der Waals surface area contributed by atoms with Gasteiger partial charge in [0.25, 0.3) is 5.56 Å². The predicted octanol–water partition coefficient (Wildman–Crippen LogP) is 6.16.